The van der Waals surface area contributed by atoms with E-state index in [4.69, 9.17) is 13.7 Å². The lowest BCUT2D eigenvalue weighted by Crippen LogP contribution is -2.38. The molecule has 1 fully saturated rings. The van der Waals surface area contributed by atoms with Gasteiger partial charge in [0.2, 0.25) is 5.91 Å². The average molecular weight is 411 g/mol. The minimum Gasteiger partial charge on any atom is -0.463 e. The third-order valence-electron chi connectivity index (χ3n) is 5.18. The van der Waals surface area contributed by atoms with Gasteiger partial charge in [0.25, 0.3) is 11.6 Å². The van der Waals surface area contributed by atoms with Gasteiger partial charge in [0, 0.05) is 5.92 Å². The molecule has 4 rings (SSSR count). The molecule has 0 spiro atoms. The highest BCUT2D eigenvalue weighted by molar-refractivity contribution is 6.05. The fraction of sp³-hybridized carbons (Fsp3) is 0.381. The monoisotopic (exact) mass is 411 g/mol. The normalized spacial score (nSPS) is 14.6. The summed E-state index contributed by atoms with van der Waals surface area (Å²) < 4.78 is 15.7. The Kier molecular flexibility index (Phi) is 5.60. The number of aromatic nitrogens is 2. The molecule has 0 bridgehead atoms. The third-order valence-corrected chi connectivity index (χ3v) is 5.18. The van der Waals surface area contributed by atoms with E-state index in [9.17, 15) is 14.4 Å². The Morgan fingerprint density at radius 3 is 2.77 bits per heavy atom. The van der Waals surface area contributed by atoms with Crippen LogP contribution in [0.2, 0.25) is 0 Å². The molecule has 0 saturated heterocycles. The van der Waals surface area contributed by atoms with Crippen molar-refractivity contribution in [3.8, 4) is 11.5 Å². The van der Waals surface area contributed by atoms with Gasteiger partial charge < -0.3 is 13.7 Å². The first kappa shape index (κ1) is 19.8. The van der Waals surface area contributed by atoms with Crippen LogP contribution in [0.3, 0.4) is 0 Å². The molecule has 9 nitrogen and oxygen atoms in total. The van der Waals surface area contributed by atoms with Crippen LogP contribution in [0, 0.1) is 12.8 Å². The molecule has 0 atom stereocenters. The number of ether oxygens (including phenoxy) is 1. The van der Waals surface area contributed by atoms with Crippen LogP contribution in [0.5, 0.6) is 0 Å². The second kappa shape index (κ2) is 8.48. The van der Waals surface area contributed by atoms with Gasteiger partial charge in [-0.25, -0.2) is 9.78 Å². The van der Waals surface area contributed by atoms with E-state index in [2.05, 4.69) is 15.5 Å². The third kappa shape index (κ3) is 4.10. The summed E-state index contributed by atoms with van der Waals surface area (Å²) in [5.41, 5.74) is 1.14. The number of hydrogen-bond acceptors (Lipinski definition) is 8. The van der Waals surface area contributed by atoms with Gasteiger partial charge in [0.15, 0.2) is 12.4 Å². The quantitative estimate of drug-likeness (QED) is 0.635. The largest absolute Gasteiger partial charge is 0.463 e. The number of pyridine rings is 1. The number of aryl methyl sites for hydroxylation is 1. The Balaban J connectivity index is 1.47. The van der Waals surface area contributed by atoms with Gasteiger partial charge >= 0.3 is 5.97 Å². The van der Waals surface area contributed by atoms with Crippen LogP contribution < -0.4 is 5.32 Å². The number of hydrogen-bond donors (Lipinski definition) is 1. The molecule has 156 valence electrons. The Hall–Kier alpha value is -3.49. The standard InChI is InChI=1S/C21H21N3O6/c1-12-18-14(10-15(16-8-5-9-28-16)22-20(18)30-24-12)21(27)29-11-17(25)23-19(26)13-6-3-2-4-7-13/h5,8-10,13H,2-4,6-7,11H2,1H3,(H,23,25,26). The van der Waals surface area contributed by atoms with Crippen molar-refractivity contribution in [1.29, 1.82) is 0 Å². The smallest absolute Gasteiger partial charge is 0.339 e. The van der Waals surface area contributed by atoms with E-state index in [-0.39, 0.29) is 23.1 Å². The SMILES string of the molecule is Cc1noc2nc(-c3ccco3)cc(C(=O)OCC(=O)NC(=O)C3CCCCC3)c12. The summed E-state index contributed by atoms with van der Waals surface area (Å²) >= 11 is 0. The zero-order chi connectivity index (χ0) is 21.1. The van der Waals surface area contributed by atoms with Crippen LogP contribution in [0.15, 0.2) is 33.4 Å². The van der Waals surface area contributed by atoms with Gasteiger partial charge in [0.05, 0.1) is 22.9 Å². The zero-order valence-corrected chi connectivity index (χ0v) is 16.5. The summed E-state index contributed by atoms with van der Waals surface area (Å²) in [6, 6.07) is 4.88. The molecule has 1 N–H and O–H groups in total. The van der Waals surface area contributed by atoms with Crippen molar-refractivity contribution in [1.82, 2.24) is 15.5 Å². The number of esters is 1. The lowest BCUT2D eigenvalue weighted by molar-refractivity contribution is -0.135. The van der Waals surface area contributed by atoms with Crippen molar-refractivity contribution in [2.75, 3.05) is 6.61 Å². The maximum absolute atomic E-state index is 12.7. The fourth-order valence-corrected chi connectivity index (χ4v) is 3.66. The first-order valence-electron chi connectivity index (χ1n) is 9.84. The summed E-state index contributed by atoms with van der Waals surface area (Å²) in [6.45, 7) is 1.11. The van der Waals surface area contributed by atoms with Gasteiger partial charge in [-0.1, -0.05) is 24.4 Å². The van der Waals surface area contributed by atoms with Crippen molar-refractivity contribution in [2.24, 2.45) is 5.92 Å². The highest BCUT2D eigenvalue weighted by Gasteiger charge is 2.24. The number of carbonyl (C=O) groups is 3. The maximum atomic E-state index is 12.7. The number of rotatable bonds is 5. The number of fused-ring (bicyclic) bond motifs is 1. The molecule has 0 radical (unpaired) electrons. The molecule has 1 aliphatic carbocycles. The Morgan fingerprint density at radius 2 is 2.03 bits per heavy atom. The lowest BCUT2D eigenvalue weighted by Gasteiger charge is -2.20. The van der Waals surface area contributed by atoms with E-state index in [1.54, 1.807) is 19.1 Å². The molecular formula is C21H21N3O6. The molecule has 1 saturated carbocycles. The van der Waals surface area contributed by atoms with Gasteiger partial charge in [-0.15, -0.1) is 0 Å². The molecule has 3 aromatic heterocycles. The predicted octanol–water partition coefficient (Wildman–Crippen LogP) is 3.17. The summed E-state index contributed by atoms with van der Waals surface area (Å²) in [5, 5.41) is 6.57. The van der Waals surface area contributed by atoms with Gasteiger partial charge in [-0.2, -0.15) is 0 Å². The van der Waals surface area contributed by atoms with E-state index in [0.717, 1.165) is 32.1 Å². The van der Waals surface area contributed by atoms with E-state index >= 15 is 0 Å². The Morgan fingerprint density at radius 1 is 1.23 bits per heavy atom. The van der Waals surface area contributed by atoms with Crippen molar-refractivity contribution in [2.45, 2.75) is 39.0 Å². The summed E-state index contributed by atoms with van der Waals surface area (Å²) in [6.07, 6.45) is 6.10. The molecule has 0 aromatic carbocycles. The van der Waals surface area contributed by atoms with Crippen molar-refractivity contribution in [3.63, 3.8) is 0 Å². The number of nitrogens with zero attached hydrogens (tertiary/aromatic N) is 2. The van der Waals surface area contributed by atoms with Crippen molar-refractivity contribution >= 4 is 28.9 Å². The minimum atomic E-state index is -0.748. The Bertz CT molecular complexity index is 1080. The number of amides is 2. The first-order chi connectivity index (χ1) is 14.5. The number of nitrogens with one attached hydrogen (secondary N) is 1. The zero-order valence-electron chi connectivity index (χ0n) is 16.5. The molecule has 0 unspecified atom stereocenters. The van der Waals surface area contributed by atoms with Gasteiger partial charge in [-0.3, -0.25) is 14.9 Å². The first-order valence-corrected chi connectivity index (χ1v) is 9.84. The van der Waals surface area contributed by atoms with Crippen LogP contribution >= 0.6 is 0 Å². The van der Waals surface area contributed by atoms with Gasteiger partial charge in [-0.05, 0) is 38.0 Å². The molecule has 9 heteroatoms. The maximum Gasteiger partial charge on any atom is 0.339 e. The van der Waals surface area contributed by atoms with E-state index in [1.807, 2.05) is 0 Å². The predicted molar refractivity (Wildman–Crippen MR) is 104 cm³/mol. The van der Waals surface area contributed by atoms with Crippen molar-refractivity contribution in [3.05, 3.63) is 35.7 Å². The molecule has 3 aromatic rings. The molecule has 3 heterocycles. The minimum absolute atomic E-state index is 0.150. The lowest BCUT2D eigenvalue weighted by atomic mass is 9.89. The highest BCUT2D eigenvalue weighted by Crippen LogP contribution is 2.28. The summed E-state index contributed by atoms with van der Waals surface area (Å²) in [5.74, 6) is -1.43. The summed E-state index contributed by atoms with van der Waals surface area (Å²) in [4.78, 5) is 41.3. The van der Waals surface area contributed by atoms with Crippen LogP contribution in [0.4, 0.5) is 0 Å². The van der Waals surface area contributed by atoms with E-state index < -0.39 is 18.5 Å². The van der Waals surface area contributed by atoms with E-state index in [0.29, 0.717) is 22.5 Å². The summed E-state index contributed by atoms with van der Waals surface area (Å²) in [7, 11) is 0. The molecule has 30 heavy (non-hydrogen) atoms. The Labute approximate surface area is 171 Å². The second-order valence-corrected chi connectivity index (χ2v) is 7.30. The topological polar surface area (TPSA) is 125 Å². The van der Waals surface area contributed by atoms with Crippen LogP contribution in [0.25, 0.3) is 22.6 Å². The highest BCUT2D eigenvalue weighted by atomic mass is 16.5. The van der Waals surface area contributed by atoms with Crippen LogP contribution in [0.1, 0.15) is 48.2 Å². The average Bonchev–Trinajstić information content (AvgIpc) is 3.42. The molecule has 1 aliphatic rings. The molecular weight excluding hydrogens is 390 g/mol. The number of carbonyl (C=O) groups excluding carboxylic acids is 3. The van der Waals surface area contributed by atoms with Gasteiger partial charge in [0.1, 0.15) is 5.69 Å². The molecule has 0 aliphatic heterocycles. The fourth-order valence-electron chi connectivity index (χ4n) is 3.66. The van der Waals surface area contributed by atoms with E-state index in [1.165, 1.54) is 12.3 Å². The number of furan rings is 1. The van der Waals surface area contributed by atoms with Crippen LogP contribution in [-0.4, -0.2) is 34.5 Å². The molecule has 2 amide bonds. The van der Waals surface area contributed by atoms with Crippen molar-refractivity contribution < 1.29 is 28.1 Å². The number of imide groups is 1. The second-order valence-electron chi connectivity index (χ2n) is 7.30. The van der Waals surface area contributed by atoms with Crippen LogP contribution in [-0.2, 0) is 14.3 Å².